The lowest BCUT2D eigenvalue weighted by molar-refractivity contribution is -0.385. The third kappa shape index (κ3) is 5.09. The molecule has 1 aromatic heterocycles. The minimum atomic E-state index is -0.819. The summed E-state index contributed by atoms with van der Waals surface area (Å²) in [5.74, 6) is -0.936. The van der Waals surface area contributed by atoms with Gasteiger partial charge in [0.15, 0.2) is 5.78 Å². The summed E-state index contributed by atoms with van der Waals surface area (Å²) in [7, 11) is 0. The van der Waals surface area contributed by atoms with Crippen LogP contribution >= 0.6 is 0 Å². The van der Waals surface area contributed by atoms with Crippen LogP contribution in [-0.2, 0) is 22.6 Å². The molecule has 0 spiro atoms. The van der Waals surface area contributed by atoms with Gasteiger partial charge in [-0.05, 0) is 18.9 Å². The number of nitrogens with one attached hydrogen (secondary N) is 1. The number of ketones is 1. The minimum Gasteiger partial charge on any atom is -0.344 e. The van der Waals surface area contributed by atoms with Crippen LogP contribution in [-0.4, -0.2) is 27.2 Å². The van der Waals surface area contributed by atoms with Gasteiger partial charge in [0.2, 0.25) is 5.91 Å². The summed E-state index contributed by atoms with van der Waals surface area (Å²) >= 11 is 0. The second-order valence-corrected chi connectivity index (χ2v) is 5.83. The van der Waals surface area contributed by atoms with Crippen molar-refractivity contribution in [3.8, 4) is 6.07 Å². The first-order chi connectivity index (χ1) is 12.8. The number of hydrogen-bond acceptors (Lipinski definition) is 6. The first kappa shape index (κ1) is 19.5. The number of nitrogens with zero attached hydrogens (tertiary/aromatic N) is 3. The van der Waals surface area contributed by atoms with E-state index in [4.69, 9.17) is 5.26 Å². The Hall–Kier alpha value is -3.80. The number of carbonyl (C=O) groups is 2. The summed E-state index contributed by atoms with van der Waals surface area (Å²) in [6.45, 7) is 0.787. The highest BCUT2D eigenvalue weighted by Gasteiger charge is 2.20. The molecule has 0 aliphatic carbocycles. The van der Waals surface area contributed by atoms with Crippen molar-refractivity contribution < 1.29 is 14.5 Å². The van der Waals surface area contributed by atoms with E-state index in [9.17, 15) is 24.5 Å². The van der Waals surface area contributed by atoms with Crippen LogP contribution in [0.3, 0.4) is 0 Å². The van der Waals surface area contributed by atoms with Gasteiger partial charge in [0.1, 0.15) is 18.2 Å². The zero-order valence-corrected chi connectivity index (χ0v) is 14.4. The Morgan fingerprint density at radius 2 is 2.00 bits per heavy atom. The van der Waals surface area contributed by atoms with Crippen molar-refractivity contribution in [3.63, 3.8) is 0 Å². The predicted octanol–water partition coefficient (Wildman–Crippen LogP) is 0.945. The third-order valence-corrected chi connectivity index (χ3v) is 3.83. The fraction of sp³-hybridized carbons (Fsp3) is 0.222. The molecule has 1 heterocycles. The average Bonchev–Trinajstić information content (AvgIpc) is 2.63. The normalized spacial score (nSPS) is 11.3. The van der Waals surface area contributed by atoms with Gasteiger partial charge >= 0.3 is 0 Å². The SMILES string of the molecule is CC(=O)[C@@H](Cc1ccccc1)NC(=O)Cn1cc([N+](=O)[O-])cc(C#N)c1=O. The van der Waals surface area contributed by atoms with Crippen molar-refractivity contribution in [2.45, 2.75) is 25.9 Å². The third-order valence-electron chi connectivity index (χ3n) is 3.83. The van der Waals surface area contributed by atoms with E-state index in [0.29, 0.717) is 0 Å². The molecule has 0 fully saturated rings. The Balaban J connectivity index is 2.19. The maximum atomic E-state index is 12.3. The number of pyridine rings is 1. The largest absolute Gasteiger partial charge is 0.344 e. The highest BCUT2D eigenvalue weighted by molar-refractivity contribution is 5.87. The van der Waals surface area contributed by atoms with Crippen LogP contribution in [0.15, 0.2) is 47.4 Å². The van der Waals surface area contributed by atoms with E-state index in [1.54, 1.807) is 18.2 Å². The van der Waals surface area contributed by atoms with E-state index >= 15 is 0 Å². The molecule has 0 aliphatic rings. The van der Waals surface area contributed by atoms with Gasteiger partial charge in [0.05, 0.1) is 17.2 Å². The zero-order valence-electron chi connectivity index (χ0n) is 14.4. The van der Waals surface area contributed by atoms with E-state index in [1.807, 2.05) is 18.2 Å². The summed E-state index contributed by atoms with van der Waals surface area (Å²) in [6.07, 6.45) is 1.16. The fourth-order valence-corrected chi connectivity index (χ4v) is 2.46. The number of amides is 1. The highest BCUT2D eigenvalue weighted by Crippen LogP contribution is 2.10. The molecule has 1 amide bonds. The van der Waals surface area contributed by atoms with Crippen molar-refractivity contribution in [1.29, 1.82) is 5.26 Å². The molecule has 1 aromatic carbocycles. The van der Waals surface area contributed by atoms with Crippen LogP contribution in [0.1, 0.15) is 18.1 Å². The van der Waals surface area contributed by atoms with E-state index in [-0.39, 0.29) is 12.2 Å². The van der Waals surface area contributed by atoms with Crippen molar-refractivity contribution in [3.05, 3.63) is 74.2 Å². The topological polar surface area (TPSA) is 135 Å². The Bertz CT molecular complexity index is 975. The van der Waals surface area contributed by atoms with Gasteiger partial charge in [-0.1, -0.05) is 30.3 Å². The first-order valence-electron chi connectivity index (χ1n) is 7.94. The summed E-state index contributed by atoms with van der Waals surface area (Å²) in [6, 6.07) is 10.7. The van der Waals surface area contributed by atoms with Crippen LogP contribution in [0.2, 0.25) is 0 Å². The van der Waals surface area contributed by atoms with E-state index < -0.39 is 40.2 Å². The molecule has 2 aromatic rings. The molecule has 0 aliphatic heterocycles. The van der Waals surface area contributed by atoms with E-state index in [1.165, 1.54) is 6.92 Å². The molecule has 0 radical (unpaired) electrons. The molecule has 27 heavy (non-hydrogen) atoms. The maximum absolute atomic E-state index is 12.3. The average molecular weight is 368 g/mol. The quantitative estimate of drug-likeness (QED) is 0.571. The second-order valence-electron chi connectivity index (χ2n) is 5.83. The van der Waals surface area contributed by atoms with Gasteiger partial charge in [-0.25, -0.2) is 0 Å². The highest BCUT2D eigenvalue weighted by atomic mass is 16.6. The molecular weight excluding hydrogens is 352 g/mol. The van der Waals surface area contributed by atoms with E-state index in [0.717, 1.165) is 22.4 Å². The Morgan fingerprint density at radius 3 is 2.56 bits per heavy atom. The summed E-state index contributed by atoms with van der Waals surface area (Å²) in [5.41, 5.74) is -0.895. The molecule has 9 nitrogen and oxygen atoms in total. The molecule has 0 saturated heterocycles. The smallest absolute Gasteiger partial charge is 0.287 e. The molecule has 138 valence electrons. The van der Waals surface area contributed by atoms with Crippen LogP contribution in [0.25, 0.3) is 0 Å². The number of nitriles is 1. The van der Waals surface area contributed by atoms with Gasteiger partial charge in [0.25, 0.3) is 11.2 Å². The number of rotatable bonds is 7. The standard InChI is InChI=1S/C18H16N4O5/c1-12(23)16(7-13-5-3-2-4-6-13)20-17(24)11-21-10-15(22(26)27)8-14(9-19)18(21)25/h2-6,8,10,16H,7,11H2,1H3,(H,20,24)/t16-/m1/s1. The number of Topliss-reactive ketones (excluding diaryl/α,β-unsaturated/α-hetero) is 1. The summed E-state index contributed by atoms with van der Waals surface area (Å²) in [5, 5.41) is 22.4. The van der Waals surface area contributed by atoms with Crippen molar-refractivity contribution in [1.82, 2.24) is 9.88 Å². The molecule has 0 saturated carbocycles. The van der Waals surface area contributed by atoms with Crippen LogP contribution in [0.4, 0.5) is 5.69 Å². The summed E-state index contributed by atoms with van der Waals surface area (Å²) < 4.78 is 0.783. The first-order valence-corrected chi connectivity index (χ1v) is 7.94. The number of carbonyl (C=O) groups excluding carboxylic acids is 2. The van der Waals surface area contributed by atoms with E-state index in [2.05, 4.69) is 5.32 Å². The lowest BCUT2D eigenvalue weighted by Gasteiger charge is -2.16. The van der Waals surface area contributed by atoms with Crippen molar-refractivity contribution in [2.75, 3.05) is 0 Å². The number of benzene rings is 1. The van der Waals surface area contributed by atoms with Gasteiger partial charge in [0, 0.05) is 6.07 Å². The molecular formula is C18H16N4O5. The zero-order chi connectivity index (χ0) is 20.0. The molecule has 0 unspecified atom stereocenters. The Labute approximate surface area is 154 Å². The van der Waals surface area contributed by atoms with Crippen LogP contribution < -0.4 is 10.9 Å². The number of hydrogen-bond donors (Lipinski definition) is 1. The fourth-order valence-electron chi connectivity index (χ4n) is 2.46. The summed E-state index contributed by atoms with van der Waals surface area (Å²) in [4.78, 5) is 46.4. The number of nitro groups is 1. The molecule has 0 bridgehead atoms. The number of aromatic nitrogens is 1. The monoisotopic (exact) mass is 368 g/mol. The molecule has 1 atom stereocenters. The van der Waals surface area contributed by atoms with Crippen molar-refractivity contribution >= 4 is 17.4 Å². The minimum absolute atomic E-state index is 0.267. The van der Waals surface area contributed by atoms with Crippen LogP contribution in [0, 0.1) is 21.4 Å². The lowest BCUT2D eigenvalue weighted by Crippen LogP contribution is -2.44. The van der Waals surface area contributed by atoms with Crippen LogP contribution in [0.5, 0.6) is 0 Å². The molecule has 9 heteroatoms. The lowest BCUT2D eigenvalue weighted by atomic mass is 10.0. The van der Waals surface area contributed by atoms with Gasteiger partial charge in [-0.2, -0.15) is 5.26 Å². The van der Waals surface area contributed by atoms with Crippen molar-refractivity contribution in [2.24, 2.45) is 0 Å². The Kier molecular flexibility index (Phi) is 6.17. The molecule has 1 N–H and O–H groups in total. The maximum Gasteiger partial charge on any atom is 0.287 e. The second kappa shape index (κ2) is 8.53. The van der Waals surface area contributed by atoms with Gasteiger partial charge in [-0.3, -0.25) is 29.1 Å². The molecule has 2 rings (SSSR count). The predicted molar refractivity (Wildman–Crippen MR) is 94.8 cm³/mol. The Morgan fingerprint density at radius 1 is 1.33 bits per heavy atom. The van der Waals surface area contributed by atoms with Gasteiger partial charge < -0.3 is 5.32 Å². The van der Waals surface area contributed by atoms with Gasteiger partial charge in [-0.15, -0.1) is 0 Å².